The molecule has 0 saturated carbocycles. The van der Waals surface area contributed by atoms with Gasteiger partial charge < -0.3 is 15.7 Å². The summed E-state index contributed by atoms with van der Waals surface area (Å²) < 4.78 is 1.61. The number of aliphatic carboxylic acids is 1. The lowest BCUT2D eigenvalue weighted by Crippen LogP contribution is -2.19. The predicted molar refractivity (Wildman–Crippen MR) is 78.4 cm³/mol. The molecule has 2 amide bonds. The van der Waals surface area contributed by atoms with Gasteiger partial charge in [0, 0.05) is 18.9 Å². The van der Waals surface area contributed by atoms with Crippen molar-refractivity contribution in [3.63, 3.8) is 0 Å². The van der Waals surface area contributed by atoms with Crippen LogP contribution >= 0.6 is 0 Å². The molecule has 1 aromatic heterocycles. The van der Waals surface area contributed by atoms with E-state index in [0.29, 0.717) is 22.6 Å². The molecule has 0 unspecified atom stereocenters. The maximum Gasteiger partial charge on any atom is 0.323 e. The number of hydrogen-bond donors (Lipinski definition) is 3. The van der Waals surface area contributed by atoms with Crippen LogP contribution in [0.4, 0.5) is 16.2 Å². The summed E-state index contributed by atoms with van der Waals surface area (Å²) >= 11 is 0. The molecule has 7 nitrogen and oxygen atoms in total. The lowest BCUT2D eigenvalue weighted by atomic mass is 10.1. The van der Waals surface area contributed by atoms with Gasteiger partial charge in [0.05, 0.1) is 17.8 Å². The second-order valence-corrected chi connectivity index (χ2v) is 4.65. The Bertz CT molecular complexity index is 679. The molecule has 0 saturated heterocycles. The summed E-state index contributed by atoms with van der Waals surface area (Å²) in [6, 6.07) is 6.31. The Kier molecular flexibility index (Phi) is 4.22. The van der Waals surface area contributed by atoms with E-state index in [1.807, 2.05) is 0 Å². The van der Waals surface area contributed by atoms with Gasteiger partial charge in [0.2, 0.25) is 0 Å². The van der Waals surface area contributed by atoms with Crippen LogP contribution in [0.1, 0.15) is 11.3 Å². The monoisotopic (exact) mass is 288 g/mol. The van der Waals surface area contributed by atoms with E-state index in [4.69, 9.17) is 5.11 Å². The smallest absolute Gasteiger partial charge is 0.323 e. The average molecular weight is 288 g/mol. The maximum absolute atomic E-state index is 11.9. The molecule has 0 spiro atoms. The number of nitrogens with zero attached hydrogens (tertiary/aromatic N) is 2. The molecule has 0 aliphatic heterocycles. The number of carboxylic acids is 1. The first-order valence-electron chi connectivity index (χ1n) is 6.33. The minimum atomic E-state index is -0.914. The second kappa shape index (κ2) is 6.08. The van der Waals surface area contributed by atoms with Crippen LogP contribution in [0.2, 0.25) is 0 Å². The second-order valence-electron chi connectivity index (χ2n) is 4.65. The zero-order valence-electron chi connectivity index (χ0n) is 11.8. The van der Waals surface area contributed by atoms with E-state index >= 15 is 0 Å². The van der Waals surface area contributed by atoms with Crippen LogP contribution in [0.25, 0.3) is 0 Å². The molecule has 21 heavy (non-hydrogen) atoms. The molecule has 3 N–H and O–H groups in total. The number of urea groups is 1. The highest BCUT2D eigenvalue weighted by atomic mass is 16.4. The van der Waals surface area contributed by atoms with E-state index in [-0.39, 0.29) is 6.42 Å². The SMILES string of the molecule is Cc1nn(C)cc1NC(=O)Nc1cccc(CC(=O)O)c1. The van der Waals surface area contributed by atoms with Crippen LogP contribution in [0.3, 0.4) is 0 Å². The van der Waals surface area contributed by atoms with E-state index in [2.05, 4.69) is 15.7 Å². The van der Waals surface area contributed by atoms with Crippen molar-refractivity contribution in [2.45, 2.75) is 13.3 Å². The summed E-state index contributed by atoms with van der Waals surface area (Å²) in [6.45, 7) is 1.79. The van der Waals surface area contributed by atoms with Gasteiger partial charge >= 0.3 is 12.0 Å². The lowest BCUT2D eigenvalue weighted by molar-refractivity contribution is -0.136. The number of rotatable bonds is 4. The summed E-state index contributed by atoms with van der Waals surface area (Å²) in [5.41, 5.74) is 2.50. The van der Waals surface area contributed by atoms with Crippen molar-refractivity contribution in [1.82, 2.24) is 9.78 Å². The Morgan fingerprint density at radius 1 is 1.33 bits per heavy atom. The van der Waals surface area contributed by atoms with Crippen molar-refractivity contribution >= 4 is 23.4 Å². The maximum atomic E-state index is 11.9. The number of amides is 2. The zero-order valence-corrected chi connectivity index (χ0v) is 11.8. The van der Waals surface area contributed by atoms with Gasteiger partial charge in [-0.1, -0.05) is 12.1 Å². The minimum absolute atomic E-state index is 0.0845. The molecule has 0 atom stereocenters. The molecule has 1 aromatic carbocycles. The third-order valence-electron chi connectivity index (χ3n) is 2.80. The summed E-state index contributed by atoms with van der Waals surface area (Å²) in [4.78, 5) is 22.6. The van der Waals surface area contributed by atoms with Gasteiger partial charge in [0.1, 0.15) is 0 Å². The zero-order chi connectivity index (χ0) is 15.4. The number of hydrogen-bond acceptors (Lipinski definition) is 3. The number of aromatic nitrogens is 2. The van der Waals surface area contributed by atoms with Gasteiger partial charge in [-0.2, -0.15) is 5.10 Å². The number of benzene rings is 1. The fraction of sp³-hybridized carbons (Fsp3) is 0.214. The van der Waals surface area contributed by atoms with Gasteiger partial charge in [0.15, 0.2) is 0 Å². The van der Waals surface area contributed by atoms with Gasteiger partial charge in [0.25, 0.3) is 0 Å². The fourth-order valence-corrected chi connectivity index (χ4v) is 1.94. The average Bonchev–Trinajstić information content (AvgIpc) is 2.67. The Morgan fingerprint density at radius 3 is 2.71 bits per heavy atom. The Morgan fingerprint density at radius 2 is 2.10 bits per heavy atom. The molecule has 1 heterocycles. The molecule has 7 heteroatoms. The first-order chi connectivity index (χ1) is 9.94. The summed E-state index contributed by atoms with van der Waals surface area (Å²) in [7, 11) is 1.77. The third-order valence-corrected chi connectivity index (χ3v) is 2.80. The van der Waals surface area contributed by atoms with E-state index in [1.165, 1.54) is 0 Å². The van der Waals surface area contributed by atoms with Gasteiger partial charge in [-0.15, -0.1) is 0 Å². The van der Waals surface area contributed by atoms with Crippen LogP contribution in [0.15, 0.2) is 30.5 Å². The Hall–Kier alpha value is -2.83. The quantitative estimate of drug-likeness (QED) is 0.801. The first kappa shape index (κ1) is 14.6. The van der Waals surface area contributed by atoms with Crippen molar-refractivity contribution in [2.24, 2.45) is 7.05 Å². The van der Waals surface area contributed by atoms with E-state index in [0.717, 1.165) is 0 Å². The van der Waals surface area contributed by atoms with Crippen LogP contribution in [-0.2, 0) is 18.3 Å². The highest BCUT2D eigenvalue weighted by Crippen LogP contribution is 2.14. The summed E-state index contributed by atoms with van der Waals surface area (Å²) in [5, 5.41) is 18.2. The van der Waals surface area contributed by atoms with Crippen LogP contribution in [0, 0.1) is 6.92 Å². The van der Waals surface area contributed by atoms with Crippen molar-refractivity contribution < 1.29 is 14.7 Å². The molecule has 110 valence electrons. The predicted octanol–water partition coefficient (Wildman–Crippen LogP) is 2.00. The van der Waals surface area contributed by atoms with Crippen LogP contribution in [0.5, 0.6) is 0 Å². The Balaban J connectivity index is 2.02. The molecule has 2 aromatic rings. The molecule has 0 fully saturated rings. The number of carboxylic acid groups (broad SMARTS) is 1. The number of nitrogens with one attached hydrogen (secondary N) is 2. The number of aryl methyl sites for hydroxylation is 2. The van der Waals surface area contributed by atoms with Gasteiger partial charge in [-0.05, 0) is 24.6 Å². The fourth-order valence-electron chi connectivity index (χ4n) is 1.94. The third kappa shape index (κ3) is 4.07. The molecular formula is C14H16N4O3. The number of anilines is 2. The minimum Gasteiger partial charge on any atom is -0.481 e. The van der Waals surface area contributed by atoms with Crippen LogP contribution in [-0.4, -0.2) is 26.9 Å². The summed E-state index contributed by atoms with van der Waals surface area (Å²) in [6.07, 6.45) is 1.62. The van der Waals surface area contributed by atoms with E-state index < -0.39 is 12.0 Å². The van der Waals surface area contributed by atoms with Crippen molar-refractivity contribution in [3.8, 4) is 0 Å². The lowest BCUT2D eigenvalue weighted by Gasteiger charge is -2.07. The van der Waals surface area contributed by atoms with Gasteiger partial charge in [-0.3, -0.25) is 9.48 Å². The Labute approximate surface area is 121 Å². The largest absolute Gasteiger partial charge is 0.481 e. The molecule has 2 rings (SSSR count). The normalized spacial score (nSPS) is 10.2. The molecular weight excluding hydrogens is 272 g/mol. The topological polar surface area (TPSA) is 96.3 Å². The molecule has 0 radical (unpaired) electrons. The molecule has 0 aliphatic carbocycles. The van der Waals surface area contributed by atoms with Crippen molar-refractivity contribution in [1.29, 1.82) is 0 Å². The van der Waals surface area contributed by atoms with E-state index in [9.17, 15) is 9.59 Å². The van der Waals surface area contributed by atoms with Gasteiger partial charge in [-0.25, -0.2) is 4.79 Å². The van der Waals surface area contributed by atoms with Crippen molar-refractivity contribution in [2.75, 3.05) is 10.6 Å². The van der Waals surface area contributed by atoms with E-state index in [1.54, 1.807) is 49.1 Å². The highest BCUT2D eigenvalue weighted by molar-refractivity contribution is 6.00. The summed E-state index contributed by atoms with van der Waals surface area (Å²) in [5.74, 6) is -0.914. The van der Waals surface area contributed by atoms with Crippen molar-refractivity contribution in [3.05, 3.63) is 41.7 Å². The number of carbonyl (C=O) groups is 2. The number of carbonyl (C=O) groups excluding carboxylic acids is 1. The van der Waals surface area contributed by atoms with Crippen LogP contribution < -0.4 is 10.6 Å². The molecule has 0 aliphatic rings. The molecule has 0 bridgehead atoms. The standard InChI is InChI=1S/C14H16N4O3/c1-9-12(8-18(2)17-9)16-14(21)15-11-5-3-4-10(6-11)7-13(19)20/h3-6,8H,7H2,1-2H3,(H,19,20)(H2,15,16,21). The highest BCUT2D eigenvalue weighted by Gasteiger charge is 2.08. The first-order valence-corrected chi connectivity index (χ1v) is 6.33.